The van der Waals surface area contributed by atoms with Crippen molar-refractivity contribution in [1.29, 1.82) is 0 Å². The van der Waals surface area contributed by atoms with Gasteiger partial charge in [-0.05, 0) is 12.5 Å². The molecular formula is C7H11NO3S2. The average Bonchev–Trinajstić information content (AvgIpc) is 2.12. The molecule has 0 bridgehead atoms. The summed E-state index contributed by atoms with van der Waals surface area (Å²) in [5.41, 5.74) is 0. The molecule has 0 atom stereocenters. The third-order valence-corrected chi connectivity index (χ3v) is 2.96. The van der Waals surface area contributed by atoms with Crippen LogP contribution in [0.4, 0.5) is 0 Å². The van der Waals surface area contributed by atoms with Gasteiger partial charge in [0.2, 0.25) is 0 Å². The number of thioether (sulfide) groups is 2. The van der Waals surface area contributed by atoms with Crippen LogP contribution < -0.4 is 5.32 Å². The van der Waals surface area contributed by atoms with E-state index in [1.807, 2.05) is 0 Å². The Balaban J connectivity index is 5.05. The molecule has 0 aliphatic heterocycles. The zero-order valence-corrected chi connectivity index (χ0v) is 9.21. The number of carboxylic acids is 1. The molecule has 0 spiro atoms. The van der Waals surface area contributed by atoms with Crippen LogP contribution in [0, 0.1) is 0 Å². The summed E-state index contributed by atoms with van der Waals surface area (Å²) < 4.78 is 0. The topological polar surface area (TPSA) is 66.4 Å². The van der Waals surface area contributed by atoms with E-state index < -0.39 is 5.97 Å². The van der Waals surface area contributed by atoms with Crippen LogP contribution in [0.1, 0.15) is 0 Å². The highest BCUT2D eigenvalue weighted by molar-refractivity contribution is 8.07. The standard InChI is InChI=1S/C7H11NO3S2/c1-8-6(9)4(12-2)5(13-3)7(10)11/h1-3H3,(H,8,9)(H,10,11)/b5-4-. The molecule has 13 heavy (non-hydrogen) atoms. The number of carbonyl (C=O) groups excluding carboxylic acids is 1. The Morgan fingerprint density at radius 3 is 1.85 bits per heavy atom. The molecule has 6 heteroatoms. The van der Waals surface area contributed by atoms with E-state index in [0.29, 0.717) is 0 Å². The normalized spacial score (nSPS) is 11.9. The SMILES string of the molecule is CNC(=O)/C(SC)=C(/SC)C(=O)O. The van der Waals surface area contributed by atoms with Crippen LogP contribution in [0.25, 0.3) is 0 Å². The van der Waals surface area contributed by atoms with E-state index in [2.05, 4.69) is 5.32 Å². The Bertz CT molecular complexity index is 250. The number of likely N-dealkylation sites (N-methyl/N-ethyl adjacent to an activating group) is 1. The first-order chi connectivity index (χ1) is 6.08. The van der Waals surface area contributed by atoms with Crippen molar-refractivity contribution in [1.82, 2.24) is 5.32 Å². The molecule has 1 amide bonds. The van der Waals surface area contributed by atoms with Crippen LogP contribution in [0.5, 0.6) is 0 Å². The van der Waals surface area contributed by atoms with E-state index in [-0.39, 0.29) is 15.7 Å². The molecule has 0 aliphatic rings. The molecular weight excluding hydrogens is 210 g/mol. The van der Waals surface area contributed by atoms with Gasteiger partial charge in [-0.1, -0.05) is 0 Å². The molecule has 0 radical (unpaired) electrons. The van der Waals surface area contributed by atoms with Gasteiger partial charge in [-0.25, -0.2) is 4.79 Å². The monoisotopic (exact) mass is 221 g/mol. The molecule has 0 unspecified atom stereocenters. The molecule has 0 aromatic heterocycles. The lowest BCUT2D eigenvalue weighted by molar-refractivity contribution is -0.132. The average molecular weight is 221 g/mol. The highest BCUT2D eigenvalue weighted by Crippen LogP contribution is 2.24. The smallest absolute Gasteiger partial charge is 0.343 e. The fraction of sp³-hybridized carbons (Fsp3) is 0.429. The van der Waals surface area contributed by atoms with Gasteiger partial charge in [0.15, 0.2) is 0 Å². The predicted molar refractivity (Wildman–Crippen MR) is 55.8 cm³/mol. The molecule has 0 heterocycles. The number of carboxylic acid groups (broad SMARTS) is 1. The van der Waals surface area contributed by atoms with E-state index in [1.54, 1.807) is 12.5 Å². The second kappa shape index (κ2) is 5.93. The van der Waals surface area contributed by atoms with Gasteiger partial charge < -0.3 is 10.4 Å². The highest BCUT2D eigenvalue weighted by Gasteiger charge is 2.17. The second-order valence-electron chi connectivity index (χ2n) is 1.95. The van der Waals surface area contributed by atoms with Crippen molar-refractivity contribution >= 4 is 35.4 Å². The van der Waals surface area contributed by atoms with E-state index in [0.717, 1.165) is 23.5 Å². The number of rotatable bonds is 4. The summed E-state index contributed by atoms with van der Waals surface area (Å²) in [5, 5.41) is 11.1. The third-order valence-electron chi connectivity index (χ3n) is 1.24. The fourth-order valence-electron chi connectivity index (χ4n) is 0.679. The van der Waals surface area contributed by atoms with E-state index >= 15 is 0 Å². The summed E-state index contributed by atoms with van der Waals surface area (Å²) in [7, 11) is 1.47. The van der Waals surface area contributed by atoms with Crippen LogP contribution in [-0.4, -0.2) is 36.5 Å². The Hall–Kier alpha value is -0.620. The van der Waals surface area contributed by atoms with Gasteiger partial charge in [0, 0.05) is 7.05 Å². The van der Waals surface area contributed by atoms with E-state index in [1.165, 1.54) is 7.05 Å². The van der Waals surface area contributed by atoms with Crippen LogP contribution in [0.15, 0.2) is 9.81 Å². The first kappa shape index (κ1) is 12.4. The maximum absolute atomic E-state index is 11.2. The molecule has 0 aromatic carbocycles. The molecule has 4 nitrogen and oxygen atoms in total. The molecule has 0 saturated heterocycles. The molecule has 0 rings (SSSR count). The van der Waals surface area contributed by atoms with Crippen LogP contribution in [0.2, 0.25) is 0 Å². The van der Waals surface area contributed by atoms with E-state index in [4.69, 9.17) is 5.11 Å². The lowest BCUT2D eigenvalue weighted by Gasteiger charge is -2.05. The Morgan fingerprint density at radius 2 is 1.62 bits per heavy atom. The highest BCUT2D eigenvalue weighted by atomic mass is 32.2. The number of nitrogens with one attached hydrogen (secondary N) is 1. The van der Waals surface area contributed by atoms with E-state index in [9.17, 15) is 9.59 Å². The summed E-state index contributed by atoms with van der Waals surface area (Å²) in [4.78, 5) is 22.2. The van der Waals surface area contributed by atoms with Gasteiger partial charge in [0.05, 0.1) is 4.91 Å². The molecule has 0 fully saturated rings. The minimum absolute atomic E-state index is 0.0758. The number of aliphatic carboxylic acids is 1. The van der Waals surface area contributed by atoms with Gasteiger partial charge in [-0.3, -0.25) is 4.79 Å². The van der Waals surface area contributed by atoms with Crippen LogP contribution in [-0.2, 0) is 9.59 Å². The van der Waals surface area contributed by atoms with Crippen molar-refractivity contribution in [2.24, 2.45) is 0 Å². The number of carbonyl (C=O) groups is 2. The van der Waals surface area contributed by atoms with Gasteiger partial charge in [0.1, 0.15) is 4.91 Å². The summed E-state index contributed by atoms with van der Waals surface area (Å²) in [6, 6.07) is 0. The van der Waals surface area contributed by atoms with Gasteiger partial charge in [-0.15, -0.1) is 23.5 Å². The van der Waals surface area contributed by atoms with Crippen molar-refractivity contribution in [3.63, 3.8) is 0 Å². The lowest BCUT2D eigenvalue weighted by atomic mass is 10.4. The minimum atomic E-state index is -1.07. The van der Waals surface area contributed by atoms with Gasteiger partial charge >= 0.3 is 5.97 Å². The maximum atomic E-state index is 11.2. The van der Waals surface area contributed by atoms with Crippen molar-refractivity contribution < 1.29 is 14.7 Å². The lowest BCUT2D eigenvalue weighted by Crippen LogP contribution is -2.20. The van der Waals surface area contributed by atoms with Crippen molar-refractivity contribution in [2.75, 3.05) is 19.6 Å². The number of amides is 1. The van der Waals surface area contributed by atoms with Crippen molar-refractivity contribution in [3.05, 3.63) is 9.81 Å². The largest absolute Gasteiger partial charge is 0.477 e. The first-order valence-electron chi connectivity index (χ1n) is 3.36. The Morgan fingerprint density at radius 1 is 1.15 bits per heavy atom. The molecule has 0 aliphatic carbocycles. The summed E-state index contributed by atoms with van der Waals surface area (Å²) >= 11 is 2.18. The van der Waals surface area contributed by atoms with Gasteiger partial charge in [-0.2, -0.15) is 0 Å². The van der Waals surface area contributed by atoms with Crippen molar-refractivity contribution in [3.8, 4) is 0 Å². The first-order valence-corrected chi connectivity index (χ1v) is 5.81. The molecule has 74 valence electrons. The summed E-state index contributed by atoms with van der Waals surface area (Å²) in [6.45, 7) is 0. The fourth-order valence-corrected chi connectivity index (χ4v) is 2.19. The zero-order chi connectivity index (χ0) is 10.4. The number of hydrogen-bond acceptors (Lipinski definition) is 4. The second-order valence-corrected chi connectivity index (χ2v) is 3.58. The molecule has 0 saturated carbocycles. The van der Waals surface area contributed by atoms with Crippen LogP contribution >= 0.6 is 23.5 Å². The van der Waals surface area contributed by atoms with Gasteiger partial charge in [0.25, 0.3) is 5.91 Å². The Kier molecular flexibility index (Phi) is 5.65. The van der Waals surface area contributed by atoms with Crippen LogP contribution in [0.3, 0.4) is 0 Å². The predicted octanol–water partition coefficient (Wildman–Crippen LogP) is 0.755. The number of hydrogen-bond donors (Lipinski definition) is 2. The minimum Gasteiger partial charge on any atom is -0.477 e. The summed E-state index contributed by atoms with van der Waals surface area (Å²) in [6.07, 6.45) is 3.30. The quantitative estimate of drug-likeness (QED) is 0.686. The summed E-state index contributed by atoms with van der Waals surface area (Å²) in [5.74, 6) is -1.43. The van der Waals surface area contributed by atoms with Crippen molar-refractivity contribution in [2.45, 2.75) is 0 Å². The zero-order valence-electron chi connectivity index (χ0n) is 7.58. The third kappa shape index (κ3) is 3.31. The Labute approximate surface area is 85.2 Å². The maximum Gasteiger partial charge on any atom is 0.343 e. The molecule has 2 N–H and O–H groups in total. The molecule has 0 aromatic rings.